The van der Waals surface area contributed by atoms with Crippen molar-refractivity contribution in [2.45, 2.75) is 19.3 Å². The average molecular weight is 430 g/mol. The van der Waals surface area contributed by atoms with E-state index in [9.17, 15) is 22.8 Å². The van der Waals surface area contributed by atoms with Gasteiger partial charge >= 0.3 is 6.18 Å². The number of fused-ring (bicyclic) bond motifs is 1. The van der Waals surface area contributed by atoms with Crippen molar-refractivity contribution in [3.63, 3.8) is 0 Å². The van der Waals surface area contributed by atoms with Crippen molar-refractivity contribution in [1.82, 2.24) is 19.4 Å². The Morgan fingerprint density at radius 1 is 0.968 bits per heavy atom. The van der Waals surface area contributed by atoms with Crippen LogP contribution in [0.3, 0.4) is 0 Å². The van der Waals surface area contributed by atoms with E-state index >= 15 is 0 Å². The zero-order chi connectivity index (χ0) is 22.0. The summed E-state index contributed by atoms with van der Waals surface area (Å²) in [7, 11) is 0. The molecule has 0 saturated carbocycles. The number of rotatable bonds is 4. The fourth-order valence-corrected chi connectivity index (χ4v) is 3.68. The number of hydrogen-bond acceptors (Lipinski definition) is 4. The second-order valence-corrected chi connectivity index (χ2v) is 7.55. The predicted molar refractivity (Wildman–Crippen MR) is 109 cm³/mol. The van der Waals surface area contributed by atoms with Crippen LogP contribution < -0.4 is 5.56 Å². The van der Waals surface area contributed by atoms with E-state index < -0.39 is 11.7 Å². The van der Waals surface area contributed by atoms with E-state index in [1.165, 1.54) is 23.0 Å². The van der Waals surface area contributed by atoms with E-state index in [-0.39, 0.29) is 18.0 Å². The molecule has 0 aliphatic carbocycles. The average Bonchev–Trinajstić information content (AvgIpc) is 2.76. The predicted octanol–water partition coefficient (Wildman–Crippen LogP) is 2.76. The zero-order valence-corrected chi connectivity index (χ0v) is 16.7. The van der Waals surface area contributed by atoms with Crippen LogP contribution >= 0.6 is 0 Å². The maximum absolute atomic E-state index is 12.7. The first-order valence-corrected chi connectivity index (χ1v) is 9.92. The summed E-state index contributed by atoms with van der Waals surface area (Å²) in [5.41, 5.74) is 0.472. The SMILES string of the molecule is O=C(Cn1cnc2ccccc2c1=O)N1CCN(Cc2ccc(C(F)(F)F)cc2)CC1. The topological polar surface area (TPSA) is 58.4 Å². The Hall–Kier alpha value is -3.20. The fraction of sp³-hybridized carbons (Fsp3) is 0.318. The molecule has 1 aromatic heterocycles. The highest BCUT2D eigenvalue weighted by atomic mass is 19.4. The van der Waals surface area contributed by atoms with Crippen LogP contribution in [0.1, 0.15) is 11.1 Å². The van der Waals surface area contributed by atoms with Gasteiger partial charge in [0.25, 0.3) is 5.56 Å². The molecule has 1 fully saturated rings. The van der Waals surface area contributed by atoms with Gasteiger partial charge < -0.3 is 4.90 Å². The van der Waals surface area contributed by atoms with Crippen molar-refractivity contribution in [1.29, 1.82) is 0 Å². The van der Waals surface area contributed by atoms with Gasteiger partial charge in [-0.1, -0.05) is 24.3 Å². The van der Waals surface area contributed by atoms with E-state index in [4.69, 9.17) is 0 Å². The summed E-state index contributed by atoms with van der Waals surface area (Å²) >= 11 is 0. The summed E-state index contributed by atoms with van der Waals surface area (Å²) in [6.07, 6.45) is -2.95. The third kappa shape index (κ3) is 4.77. The minimum atomic E-state index is -4.34. The summed E-state index contributed by atoms with van der Waals surface area (Å²) < 4.78 is 39.4. The molecular formula is C22H21F3N4O2. The molecule has 0 atom stereocenters. The number of halogens is 3. The lowest BCUT2D eigenvalue weighted by Gasteiger charge is -2.34. The molecule has 0 unspecified atom stereocenters. The van der Waals surface area contributed by atoms with Gasteiger partial charge in [-0.25, -0.2) is 4.98 Å². The minimum absolute atomic E-state index is 0.0738. The molecule has 162 valence electrons. The van der Waals surface area contributed by atoms with Crippen LogP contribution in [0.2, 0.25) is 0 Å². The highest BCUT2D eigenvalue weighted by Gasteiger charge is 2.30. The summed E-state index contributed by atoms with van der Waals surface area (Å²) in [5, 5.41) is 0.471. The third-order valence-electron chi connectivity index (χ3n) is 5.45. The Kier molecular flexibility index (Phi) is 5.77. The monoisotopic (exact) mass is 430 g/mol. The van der Waals surface area contributed by atoms with Crippen LogP contribution in [-0.2, 0) is 24.1 Å². The smallest absolute Gasteiger partial charge is 0.339 e. The first-order chi connectivity index (χ1) is 14.8. The van der Waals surface area contributed by atoms with Crippen LogP contribution in [0, 0.1) is 0 Å². The summed E-state index contributed by atoms with van der Waals surface area (Å²) in [5.74, 6) is -0.159. The maximum Gasteiger partial charge on any atom is 0.416 e. The van der Waals surface area contributed by atoms with Gasteiger partial charge in [0.2, 0.25) is 5.91 Å². The Balaban J connectivity index is 1.33. The molecule has 1 aliphatic rings. The Morgan fingerprint density at radius 3 is 2.32 bits per heavy atom. The number of carbonyl (C=O) groups excluding carboxylic acids is 1. The highest BCUT2D eigenvalue weighted by molar-refractivity contribution is 5.79. The molecule has 2 aromatic carbocycles. The number of amides is 1. The molecule has 0 bridgehead atoms. The standard InChI is InChI=1S/C22H21F3N4O2/c23-22(24,25)17-7-5-16(6-8-17)13-27-9-11-28(12-10-27)20(30)14-29-15-26-19-4-2-1-3-18(19)21(29)31/h1-8,15H,9-14H2. The molecule has 4 rings (SSSR count). The zero-order valence-electron chi connectivity index (χ0n) is 16.7. The van der Waals surface area contributed by atoms with Crippen molar-refractivity contribution < 1.29 is 18.0 Å². The number of hydrogen-bond donors (Lipinski definition) is 0. The molecule has 3 aromatic rings. The molecule has 0 N–H and O–H groups in total. The van der Waals surface area contributed by atoms with Crippen LogP contribution in [0.5, 0.6) is 0 Å². The van der Waals surface area contributed by atoms with Crippen LogP contribution in [0.4, 0.5) is 13.2 Å². The van der Waals surface area contributed by atoms with Gasteiger partial charge in [-0.15, -0.1) is 0 Å². The lowest BCUT2D eigenvalue weighted by molar-refractivity contribution is -0.137. The highest BCUT2D eigenvalue weighted by Crippen LogP contribution is 2.29. The molecule has 1 saturated heterocycles. The first kappa shape index (κ1) is 21.0. The first-order valence-electron chi connectivity index (χ1n) is 9.92. The minimum Gasteiger partial charge on any atom is -0.339 e. The molecule has 1 aliphatic heterocycles. The van der Waals surface area contributed by atoms with Crippen LogP contribution in [-0.4, -0.2) is 51.4 Å². The van der Waals surface area contributed by atoms with Crippen LogP contribution in [0.25, 0.3) is 10.9 Å². The number of carbonyl (C=O) groups is 1. The van der Waals surface area contributed by atoms with Crippen molar-refractivity contribution >= 4 is 16.8 Å². The van der Waals surface area contributed by atoms with E-state index in [0.717, 1.165) is 17.7 Å². The van der Waals surface area contributed by atoms with Crippen LogP contribution in [0.15, 0.2) is 59.7 Å². The Labute approximate surface area is 176 Å². The fourth-order valence-electron chi connectivity index (χ4n) is 3.68. The quantitative estimate of drug-likeness (QED) is 0.639. The van der Waals surface area contributed by atoms with E-state index in [1.807, 2.05) is 0 Å². The number of benzene rings is 2. The van der Waals surface area contributed by atoms with Gasteiger partial charge in [-0.2, -0.15) is 13.2 Å². The number of piperazine rings is 1. The molecule has 0 spiro atoms. The molecule has 6 nitrogen and oxygen atoms in total. The second kappa shape index (κ2) is 8.50. The molecule has 9 heteroatoms. The number of alkyl halides is 3. The van der Waals surface area contributed by atoms with Gasteiger partial charge in [0.1, 0.15) is 6.54 Å². The third-order valence-corrected chi connectivity index (χ3v) is 5.45. The number of nitrogens with zero attached hydrogens (tertiary/aromatic N) is 4. The van der Waals surface area contributed by atoms with Gasteiger partial charge in [-0.05, 0) is 29.8 Å². The number of aromatic nitrogens is 2. The largest absolute Gasteiger partial charge is 0.416 e. The van der Waals surface area contributed by atoms with Gasteiger partial charge in [0.05, 0.1) is 22.8 Å². The molecular weight excluding hydrogens is 409 g/mol. The van der Waals surface area contributed by atoms with E-state index in [2.05, 4.69) is 9.88 Å². The normalized spacial score (nSPS) is 15.4. The molecule has 0 radical (unpaired) electrons. The van der Waals surface area contributed by atoms with E-state index in [0.29, 0.717) is 43.6 Å². The second-order valence-electron chi connectivity index (χ2n) is 7.55. The molecule has 2 heterocycles. The summed E-state index contributed by atoms with van der Waals surface area (Å²) in [6, 6.07) is 12.1. The lowest BCUT2D eigenvalue weighted by atomic mass is 10.1. The van der Waals surface area contributed by atoms with Crippen molar-refractivity contribution in [2.75, 3.05) is 26.2 Å². The van der Waals surface area contributed by atoms with Crippen molar-refractivity contribution in [2.24, 2.45) is 0 Å². The van der Waals surface area contributed by atoms with Gasteiger partial charge in [-0.3, -0.25) is 19.1 Å². The maximum atomic E-state index is 12.7. The summed E-state index contributed by atoms with van der Waals surface area (Å²) in [4.78, 5) is 33.3. The summed E-state index contributed by atoms with van der Waals surface area (Å²) in [6.45, 7) is 2.66. The number of para-hydroxylation sites is 1. The molecule has 31 heavy (non-hydrogen) atoms. The van der Waals surface area contributed by atoms with Gasteiger partial charge in [0, 0.05) is 32.7 Å². The Bertz CT molecular complexity index is 1130. The van der Waals surface area contributed by atoms with E-state index in [1.54, 1.807) is 29.2 Å². The lowest BCUT2D eigenvalue weighted by Crippen LogP contribution is -2.49. The van der Waals surface area contributed by atoms with Crippen molar-refractivity contribution in [3.05, 3.63) is 76.3 Å². The molecule has 1 amide bonds. The van der Waals surface area contributed by atoms with Gasteiger partial charge in [0.15, 0.2) is 0 Å². The van der Waals surface area contributed by atoms with Crippen molar-refractivity contribution in [3.8, 4) is 0 Å². The Morgan fingerprint density at radius 2 is 1.65 bits per heavy atom.